The van der Waals surface area contributed by atoms with E-state index in [-0.39, 0.29) is 28.4 Å². The fourth-order valence-corrected chi connectivity index (χ4v) is 3.38. The molecular weight excluding hydrogens is 398 g/mol. The minimum Gasteiger partial charge on any atom is -0.361 e. The predicted molar refractivity (Wildman–Crippen MR) is 109 cm³/mol. The quantitative estimate of drug-likeness (QED) is 0.291. The van der Waals surface area contributed by atoms with E-state index in [1.165, 1.54) is 32.3 Å². The number of aromatic nitrogens is 2. The molecule has 0 aliphatic carbocycles. The number of benzene rings is 1. The molecule has 1 aromatic carbocycles. The summed E-state index contributed by atoms with van der Waals surface area (Å²) >= 11 is 0. The fraction of sp³-hybridized carbons (Fsp3) is 0.368. The van der Waals surface area contributed by atoms with Gasteiger partial charge < -0.3 is 4.18 Å². The SMILES string of the molecule is CCS(=O)(=O)Oc1c(C(=O)c2ccc([N+](=O)[O-])c(C(C)=C(C)C)c2C)cnn1C. The van der Waals surface area contributed by atoms with Crippen molar-refractivity contribution >= 4 is 27.2 Å². The van der Waals surface area contributed by atoms with E-state index in [0.717, 1.165) is 10.3 Å². The zero-order valence-electron chi connectivity index (χ0n) is 17.1. The highest BCUT2D eigenvalue weighted by Crippen LogP contribution is 2.34. The largest absolute Gasteiger partial charge is 0.361 e. The van der Waals surface area contributed by atoms with Crippen LogP contribution in [0.4, 0.5) is 5.69 Å². The summed E-state index contributed by atoms with van der Waals surface area (Å²) in [6.07, 6.45) is 1.22. The summed E-state index contributed by atoms with van der Waals surface area (Å²) in [6.45, 7) is 8.46. The van der Waals surface area contributed by atoms with Crippen molar-refractivity contribution in [2.24, 2.45) is 7.05 Å². The van der Waals surface area contributed by atoms with E-state index in [4.69, 9.17) is 4.18 Å². The van der Waals surface area contributed by atoms with Crippen LogP contribution in [-0.4, -0.2) is 34.7 Å². The van der Waals surface area contributed by atoms with Gasteiger partial charge in [-0.05, 0) is 51.8 Å². The van der Waals surface area contributed by atoms with Crippen molar-refractivity contribution in [3.63, 3.8) is 0 Å². The molecule has 0 N–H and O–H groups in total. The van der Waals surface area contributed by atoms with Gasteiger partial charge in [-0.2, -0.15) is 13.5 Å². The second-order valence-electron chi connectivity index (χ2n) is 6.76. The summed E-state index contributed by atoms with van der Waals surface area (Å²) in [6, 6.07) is 2.64. The number of nitro groups is 1. The average Bonchev–Trinajstić information content (AvgIpc) is 3.00. The van der Waals surface area contributed by atoms with Crippen molar-refractivity contribution in [2.45, 2.75) is 34.6 Å². The summed E-state index contributed by atoms with van der Waals surface area (Å²) in [5.41, 5.74) is 2.43. The van der Waals surface area contributed by atoms with Gasteiger partial charge in [0, 0.05) is 18.7 Å². The maximum atomic E-state index is 13.2. The molecule has 9 nitrogen and oxygen atoms in total. The number of hydrogen-bond donors (Lipinski definition) is 0. The van der Waals surface area contributed by atoms with E-state index in [9.17, 15) is 23.3 Å². The molecule has 0 aliphatic rings. The fourth-order valence-electron chi connectivity index (χ4n) is 2.82. The highest BCUT2D eigenvalue weighted by Gasteiger charge is 2.28. The Morgan fingerprint density at radius 3 is 2.38 bits per heavy atom. The Bertz CT molecular complexity index is 1130. The lowest BCUT2D eigenvalue weighted by Gasteiger charge is -2.13. The molecule has 2 aromatic rings. The number of ketones is 1. The van der Waals surface area contributed by atoms with Gasteiger partial charge in [0.15, 0.2) is 5.78 Å². The number of aryl methyl sites for hydroxylation is 1. The molecule has 0 aliphatic heterocycles. The number of carbonyl (C=O) groups excluding carboxylic acids is 1. The summed E-state index contributed by atoms with van der Waals surface area (Å²) < 4.78 is 30.0. The first-order chi connectivity index (χ1) is 13.4. The van der Waals surface area contributed by atoms with Gasteiger partial charge in [-0.15, -0.1) is 0 Å². The van der Waals surface area contributed by atoms with Crippen molar-refractivity contribution in [1.29, 1.82) is 0 Å². The molecule has 10 heteroatoms. The van der Waals surface area contributed by atoms with Gasteiger partial charge in [0.2, 0.25) is 5.88 Å². The van der Waals surface area contributed by atoms with E-state index in [1.54, 1.807) is 13.8 Å². The third kappa shape index (κ3) is 4.37. The van der Waals surface area contributed by atoms with Crippen LogP contribution in [0, 0.1) is 17.0 Å². The van der Waals surface area contributed by atoms with Gasteiger partial charge in [0.05, 0.1) is 22.4 Å². The third-order valence-electron chi connectivity index (χ3n) is 4.70. The monoisotopic (exact) mass is 421 g/mol. The van der Waals surface area contributed by atoms with Crippen LogP contribution in [0.5, 0.6) is 5.88 Å². The van der Waals surface area contributed by atoms with Crippen LogP contribution in [0.25, 0.3) is 5.57 Å². The summed E-state index contributed by atoms with van der Waals surface area (Å²) in [4.78, 5) is 24.2. The van der Waals surface area contributed by atoms with Crippen LogP contribution >= 0.6 is 0 Å². The number of nitro benzene ring substituents is 1. The Morgan fingerprint density at radius 2 is 1.86 bits per heavy atom. The van der Waals surface area contributed by atoms with E-state index in [2.05, 4.69) is 5.10 Å². The molecule has 0 spiro atoms. The highest BCUT2D eigenvalue weighted by molar-refractivity contribution is 7.87. The molecule has 1 heterocycles. The molecule has 156 valence electrons. The van der Waals surface area contributed by atoms with Crippen molar-refractivity contribution < 1.29 is 22.3 Å². The van der Waals surface area contributed by atoms with E-state index in [0.29, 0.717) is 16.7 Å². The lowest BCUT2D eigenvalue weighted by Crippen LogP contribution is -2.16. The minimum absolute atomic E-state index is 0.0396. The number of nitrogens with zero attached hydrogens (tertiary/aromatic N) is 3. The second kappa shape index (κ2) is 8.16. The van der Waals surface area contributed by atoms with Gasteiger partial charge in [-0.25, -0.2) is 4.68 Å². The van der Waals surface area contributed by atoms with Gasteiger partial charge in [0.1, 0.15) is 5.56 Å². The number of rotatable bonds is 7. The molecule has 0 atom stereocenters. The van der Waals surface area contributed by atoms with E-state index < -0.39 is 20.8 Å². The van der Waals surface area contributed by atoms with Crippen LogP contribution in [0.15, 0.2) is 23.9 Å². The van der Waals surface area contributed by atoms with Crippen LogP contribution < -0.4 is 4.18 Å². The Morgan fingerprint density at radius 1 is 1.24 bits per heavy atom. The van der Waals surface area contributed by atoms with Crippen molar-refractivity contribution in [1.82, 2.24) is 9.78 Å². The molecule has 0 radical (unpaired) electrons. The summed E-state index contributed by atoms with van der Waals surface area (Å²) in [5, 5.41) is 15.4. The zero-order chi connectivity index (χ0) is 22.1. The molecule has 0 saturated heterocycles. The highest BCUT2D eigenvalue weighted by atomic mass is 32.2. The number of hydrogen-bond acceptors (Lipinski definition) is 7. The lowest BCUT2D eigenvalue weighted by molar-refractivity contribution is -0.385. The van der Waals surface area contributed by atoms with E-state index >= 15 is 0 Å². The molecule has 0 amide bonds. The molecule has 0 unspecified atom stereocenters. The topological polar surface area (TPSA) is 121 Å². The molecule has 1 aromatic heterocycles. The predicted octanol–water partition coefficient (Wildman–Crippen LogP) is 3.41. The molecule has 29 heavy (non-hydrogen) atoms. The smallest absolute Gasteiger partial charge is 0.310 e. The van der Waals surface area contributed by atoms with Gasteiger partial charge >= 0.3 is 10.1 Å². The Balaban J connectivity index is 2.69. The van der Waals surface area contributed by atoms with Gasteiger partial charge in [0.25, 0.3) is 5.69 Å². The minimum atomic E-state index is -3.87. The van der Waals surface area contributed by atoms with Crippen LogP contribution in [0.3, 0.4) is 0 Å². The normalized spacial score (nSPS) is 11.2. The van der Waals surface area contributed by atoms with Crippen molar-refractivity contribution in [2.75, 3.05) is 5.75 Å². The maximum Gasteiger partial charge on any atom is 0.310 e. The van der Waals surface area contributed by atoms with Gasteiger partial charge in [-0.1, -0.05) is 5.57 Å². The lowest BCUT2D eigenvalue weighted by atomic mass is 9.90. The Hall–Kier alpha value is -3.01. The molecule has 2 rings (SSSR count). The van der Waals surface area contributed by atoms with Crippen molar-refractivity contribution in [3.8, 4) is 5.88 Å². The number of allylic oxidation sites excluding steroid dienone is 2. The third-order valence-corrected chi connectivity index (χ3v) is 5.82. The van der Waals surface area contributed by atoms with E-state index in [1.807, 2.05) is 13.8 Å². The molecule has 0 bridgehead atoms. The first-order valence-corrected chi connectivity index (χ1v) is 10.4. The maximum absolute atomic E-state index is 13.2. The van der Waals surface area contributed by atoms with Crippen LogP contribution in [0.1, 0.15) is 54.7 Å². The Labute approximate surface area is 169 Å². The Kier molecular flexibility index (Phi) is 6.27. The first-order valence-electron chi connectivity index (χ1n) is 8.82. The standard InChI is InChI=1S/C19H23N3O6S/c1-7-29(26,27)28-19-15(10-20-21(19)6)18(23)14-8-9-16(22(24)25)17(13(14)5)12(4)11(2)3/h8-10H,7H2,1-6H3. The molecular formula is C19H23N3O6S. The summed E-state index contributed by atoms with van der Waals surface area (Å²) in [5.74, 6) is -1.00. The second-order valence-corrected chi connectivity index (χ2v) is 8.62. The molecule has 0 saturated carbocycles. The summed E-state index contributed by atoms with van der Waals surface area (Å²) in [7, 11) is -2.42. The van der Waals surface area contributed by atoms with Crippen LogP contribution in [0.2, 0.25) is 0 Å². The average molecular weight is 421 g/mol. The number of carbonyl (C=O) groups is 1. The van der Waals surface area contributed by atoms with Crippen molar-refractivity contribution in [3.05, 3.63) is 56.3 Å². The zero-order valence-corrected chi connectivity index (χ0v) is 18.0. The first kappa shape index (κ1) is 22.3. The molecule has 0 fully saturated rings. The van der Waals surface area contributed by atoms with Gasteiger partial charge in [-0.3, -0.25) is 14.9 Å². The van der Waals surface area contributed by atoms with Crippen LogP contribution in [-0.2, 0) is 17.2 Å².